The van der Waals surface area contributed by atoms with Gasteiger partial charge >= 0.3 is 5.97 Å². The van der Waals surface area contributed by atoms with E-state index in [4.69, 9.17) is 10.1 Å². The first-order valence-electron chi connectivity index (χ1n) is 11.5. The second-order valence-corrected chi connectivity index (χ2v) is 9.38. The predicted molar refractivity (Wildman–Crippen MR) is 128 cm³/mol. The SMILES string of the molecule is Cc1ccc(CC2Cc3cc(C(=O)NCc4ccc(C(=O)O)cc4)cnc3[C@@H]2C(C)C)cc1. The van der Waals surface area contributed by atoms with Crippen molar-refractivity contribution in [3.05, 3.63) is 99.9 Å². The number of carboxylic acid groups (broad SMARTS) is 1. The Morgan fingerprint density at radius 2 is 1.70 bits per heavy atom. The van der Waals surface area contributed by atoms with Gasteiger partial charge in [0.05, 0.1) is 11.1 Å². The molecule has 1 aliphatic rings. The largest absolute Gasteiger partial charge is 0.478 e. The summed E-state index contributed by atoms with van der Waals surface area (Å²) in [4.78, 5) is 28.5. The Morgan fingerprint density at radius 1 is 1.03 bits per heavy atom. The van der Waals surface area contributed by atoms with Gasteiger partial charge in [0.25, 0.3) is 5.91 Å². The molecule has 2 atom stereocenters. The summed E-state index contributed by atoms with van der Waals surface area (Å²) in [5.41, 5.74) is 6.55. The lowest BCUT2D eigenvalue weighted by Crippen LogP contribution is -2.23. The summed E-state index contributed by atoms with van der Waals surface area (Å²) in [7, 11) is 0. The zero-order chi connectivity index (χ0) is 23.5. The molecule has 0 radical (unpaired) electrons. The number of pyridine rings is 1. The van der Waals surface area contributed by atoms with Crippen LogP contribution in [-0.2, 0) is 19.4 Å². The van der Waals surface area contributed by atoms with Gasteiger partial charge in [0.15, 0.2) is 0 Å². The highest BCUT2D eigenvalue weighted by Crippen LogP contribution is 2.43. The zero-order valence-electron chi connectivity index (χ0n) is 19.3. The van der Waals surface area contributed by atoms with Crippen molar-refractivity contribution in [3.8, 4) is 0 Å². The summed E-state index contributed by atoms with van der Waals surface area (Å²) in [6, 6.07) is 17.3. The van der Waals surface area contributed by atoms with E-state index in [1.807, 2.05) is 6.07 Å². The van der Waals surface area contributed by atoms with Crippen molar-refractivity contribution in [2.45, 2.75) is 46.1 Å². The predicted octanol–water partition coefficient (Wildman–Crippen LogP) is 5.17. The van der Waals surface area contributed by atoms with E-state index in [0.717, 1.165) is 24.1 Å². The summed E-state index contributed by atoms with van der Waals surface area (Å²) in [6.07, 6.45) is 3.62. The molecule has 1 aliphatic carbocycles. The van der Waals surface area contributed by atoms with Crippen LogP contribution in [-0.4, -0.2) is 22.0 Å². The lowest BCUT2D eigenvalue weighted by molar-refractivity contribution is 0.0696. The maximum atomic E-state index is 12.8. The summed E-state index contributed by atoms with van der Waals surface area (Å²) in [5, 5.41) is 11.9. The molecular weight excluding hydrogens is 412 g/mol. The van der Waals surface area contributed by atoms with Crippen molar-refractivity contribution in [1.29, 1.82) is 0 Å². The smallest absolute Gasteiger partial charge is 0.335 e. The first kappa shape index (κ1) is 22.7. The molecule has 0 saturated heterocycles. The zero-order valence-corrected chi connectivity index (χ0v) is 19.3. The Hall–Kier alpha value is -3.47. The van der Waals surface area contributed by atoms with Crippen LogP contribution in [0.3, 0.4) is 0 Å². The van der Waals surface area contributed by atoms with Crippen molar-refractivity contribution in [2.24, 2.45) is 11.8 Å². The van der Waals surface area contributed by atoms with E-state index >= 15 is 0 Å². The van der Waals surface area contributed by atoms with Gasteiger partial charge in [-0.1, -0.05) is 55.8 Å². The number of amides is 1. The quantitative estimate of drug-likeness (QED) is 0.529. The average Bonchev–Trinajstić information content (AvgIpc) is 3.16. The molecule has 0 saturated carbocycles. The number of nitrogens with one attached hydrogen (secondary N) is 1. The summed E-state index contributed by atoms with van der Waals surface area (Å²) in [6.45, 7) is 6.94. The van der Waals surface area contributed by atoms with E-state index in [9.17, 15) is 9.59 Å². The van der Waals surface area contributed by atoms with Crippen molar-refractivity contribution in [3.63, 3.8) is 0 Å². The Balaban J connectivity index is 1.46. The van der Waals surface area contributed by atoms with Gasteiger partial charge in [-0.25, -0.2) is 4.79 Å². The van der Waals surface area contributed by atoms with Crippen LogP contribution in [0.4, 0.5) is 0 Å². The van der Waals surface area contributed by atoms with Gasteiger partial charge in [-0.3, -0.25) is 9.78 Å². The molecule has 1 amide bonds. The molecule has 170 valence electrons. The molecule has 0 bridgehead atoms. The highest BCUT2D eigenvalue weighted by atomic mass is 16.4. The lowest BCUT2D eigenvalue weighted by atomic mass is 9.81. The van der Waals surface area contributed by atoms with Gasteiger partial charge in [0, 0.05) is 24.4 Å². The molecule has 1 heterocycles. The second-order valence-electron chi connectivity index (χ2n) is 9.38. The van der Waals surface area contributed by atoms with Crippen LogP contribution in [0.5, 0.6) is 0 Å². The number of benzene rings is 2. The van der Waals surface area contributed by atoms with E-state index in [2.05, 4.69) is 50.4 Å². The Morgan fingerprint density at radius 3 is 2.33 bits per heavy atom. The number of rotatable bonds is 7. The van der Waals surface area contributed by atoms with Crippen LogP contribution < -0.4 is 5.32 Å². The molecule has 5 heteroatoms. The van der Waals surface area contributed by atoms with Crippen LogP contribution in [0.2, 0.25) is 0 Å². The third-order valence-electron chi connectivity index (χ3n) is 6.56. The van der Waals surface area contributed by atoms with Crippen LogP contribution in [0.15, 0.2) is 60.8 Å². The standard InChI is InChI=1S/C28H30N2O3/c1-17(2)25-22(12-19-6-4-18(3)5-7-19)13-23-14-24(16-29-26(23)25)27(31)30-15-20-8-10-21(11-9-20)28(32)33/h4-11,14,16-17,22,25H,12-13,15H2,1-3H3,(H,30,31)(H,32,33)/t22?,25-/m1/s1. The highest BCUT2D eigenvalue weighted by molar-refractivity contribution is 5.94. The molecule has 1 unspecified atom stereocenters. The van der Waals surface area contributed by atoms with E-state index < -0.39 is 5.97 Å². The Bertz CT molecular complexity index is 1150. The number of aryl methyl sites for hydroxylation is 1. The third kappa shape index (κ3) is 5.14. The number of carbonyl (C=O) groups is 2. The Labute approximate surface area is 194 Å². The monoisotopic (exact) mass is 442 g/mol. The molecule has 1 aromatic heterocycles. The van der Waals surface area contributed by atoms with Gasteiger partial charge in [-0.05, 0) is 66.5 Å². The number of aromatic carboxylic acids is 1. The maximum absolute atomic E-state index is 12.8. The van der Waals surface area contributed by atoms with E-state index in [0.29, 0.717) is 29.9 Å². The second kappa shape index (κ2) is 9.57. The fourth-order valence-corrected chi connectivity index (χ4v) is 4.88. The number of carbonyl (C=O) groups excluding carboxylic acids is 1. The average molecular weight is 443 g/mol. The fraction of sp³-hybridized carbons (Fsp3) is 0.321. The number of fused-ring (bicyclic) bond motifs is 1. The third-order valence-corrected chi connectivity index (χ3v) is 6.56. The van der Waals surface area contributed by atoms with E-state index in [1.165, 1.54) is 16.7 Å². The first-order chi connectivity index (χ1) is 15.8. The number of nitrogens with zero attached hydrogens (tertiary/aromatic N) is 1. The molecule has 2 N–H and O–H groups in total. The number of hydrogen-bond acceptors (Lipinski definition) is 3. The molecule has 2 aromatic carbocycles. The first-order valence-corrected chi connectivity index (χ1v) is 11.5. The normalized spacial score (nSPS) is 17.1. The van der Waals surface area contributed by atoms with E-state index in [-0.39, 0.29) is 11.5 Å². The van der Waals surface area contributed by atoms with Crippen molar-refractivity contribution >= 4 is 11.9 Å². The minimum Gasteiger partial charge on any atom is -0.478 e. The molecular formula is C28H30N2O3. The van der Waals surface area contributed by atoms with Crippen molar-refractivity contribution < 1.29 is 14.7 Å². The molecule has 5 nitrogen and oxygen atoms in total. The number of aromatic nitrogens is 1. The van der Waals surface area contributed by atoms with Crippen LogP contribution in [0, 0.1) is 18.8 Å². The van der Waals surface area contributed by atoms with E-state index in [1.54, 1.807) is 30.5 Å². The molecule has 0 fully saturated rings. The van der Waals surface area contributed by atoms with Crippen LogP contribution in [0.1, 0.15) is 68.4 Å². The van der Waals surface area contributed by atoms with Gasteiger partial charge in [0.1, 0.15) is 0 Å². The van der Waals surface area contributed by atoms with Crippen molar-refractivity contribution in [1.82, 2.24) is 10.3 Å². The summed E-state index contributed by atoms with van der Waals surface area (Å²) < 4.78 is 0. The van der Waals surface area contributed by atoms with Crippen LogP contribution >= 0.6 is 0 Å². The number of carboxylic acids is 1. The van der Waals surface area contributed by atoms with Gasteiger partial charge < -0.3 is 10.4 Å². The van der Waals surface area contributed by atoms with Gasteiger partial charge in [-0.2, -0.15) is 0 Å². The molecule has 4 rings (SSSR count). The minimum atomic E-state index is -0.963. The fourth-order valence-electron chi connectivity index (χ4n) is 4.88. The molecule has 0 spiro atoms. The topological polar surface area (TPSA) is 79.3 Å². The van der Waals surface area contributed by atoms with Gasteiger partial charge in [-0.15, -0.1) is 0 Å². The lowest BCUT2D eigenvalue weighted by Gasteiger charge is -2.23. The summed E-state index contributed by atoms with van der Waals surface area (Å²) in [5.74, 6) is 0.195. The molecule has 3 aromatic rings. The molecule has 33 heavy (non-hydrogen) atoms. The molecule has 0 aliphatic heterocycles. The van der Waals surface area contributed by atoms with Gasteiger partial charge in [0.2, 0.25) is 0 Å². The Kier molecular flexibility index (Phi) is 6.59. The van der Waals surface area contributed by atoms with Crippen LogP contribution in [0.25, 0.3) is 0 Å². The maximum Gasteiger partial charge on any atom is 0.335 e. The minimum absolute atomic E-state index is 0.171. The highest BCUT2D eigenvalue weighted by Gasteiger charge is 2.36. The summed E-state index contributed by atoms with van der Waals surface area (Å²) >= 11 is 0. The van der Waals surface area contributed by atoms with Crippen molar-refractivity contribution in [2.75, 3.05) is 0 Å². The number of hydrogen-bond donors (Lipinski definition) is 2.